The maximum Gasteiger partial charge on any atom is 0.312 e. The number of aromatic amines is 1. The number of H-pyrrole nitrogens is 1. The Hall–Kier alpha value is -4.34. The molecule has 1 N–H and O–H groups in total. The summed E-state index contributed by atoms with van der Waals surface area (Å²) in [6.45, 7) is 2.46. The first-order valence-corrected chi connectivity index (χ1v) is 10.2. The van der Waals surface area contributed by atoms with Gasteiger partial charge in [0.05, 0.1) is 28.8 Å². The summed E-state index contributed by atoms with van der Waals surface area (Å²) in [7, 11) is 0. The van der Waals surface area contributed by atoms with E-state index in [0.29, 0.717) is 18.5 Å². The van der Waals surface area contributed by atoms with E-state index >= 15 is 0 Å². The van der Waals surface area contributed by atoms with Crippen LogP contribution in [0.1, 0.15) is 39.5 Å². The van der Waals surface area contributed by atoms with E-state index in [1.54, 1.807) is 35.8 Å². The number of pyridine rings is 2. The number of nitrogens with zero attached hydrogens (tertiary/aromatic N) is 7. The highest BCUT2D eigenvalue weighted by Crippen LogP contribution is 2.34. The lowest BCUT2D eigenvalue weighted by atomic mass is 9.99. The number of hydrogen-bond donors (Lipinski definition) is 1. The van der Waals surface area contributed by atoms with E-state index < -0.39 is 6.04 Å². The van der Waals surface area contributed by atoms with Gasteiger partial charge in [-0.2, -0.15) is 5.10 Å². The molecule has 0 spiro atoms. The van der Waals surface area contributed by atoms with Gasteiger partial charge in [0.15, 0.2) is 0 Å². The van der Waals surface area contributed by atoms with Gasteiger partial charge in [0.25, 0.3) is 0 Å². The highest BCUT2D eigenvalue weighted by molar-refractivity contribution is 5.90. The quantitative estimate of drug-likeness (QED) is 0.471. The van der Waals surface area contributed by atoms with Crippen molar-refractivity contribution in [3.8, 4) is 11.5 Å². The molecule has 158 valence electrons. The van der Waals surface area contributed by atoms with Crippen molar-refractivity contribution in [2.45, 2.75) is 19.4 Å². The first-order chi connectivity index (χ1) is 15.7. The summed E-state index contributed by atoms with van der Waals surface area (Å²) in [6.07, 6.45) is 5.57. The molecule has 5 aromatic heterocycles. The molecule has 0 saturated heterocycles. The van der Waals surface area contributed by atoms with Gasteiger partial charge in [-0.3, -0.25) is 9.78 Å². The lowest BCUT2D eigenvalue weighted by molar-refractivity contribution is 0.0646. The van der Waals surface area contributed by atoms with E-state index in [1.165, 1.54) is 0 Å². The second-order valence-electron chi connectivity index (χ2n) is 7.64. The average molecular weight is 426 g/mol. The Labute approximate surface area is 181 Å². The van der Waals surface area contributed by atoms with Crippen LogP contribution in [0.15, 0.2) is 59.5 Å². The summed E-state index contributed by atoms with van der Waals surface area (Å²) in [5.41, 5.74) is 5.11. The maximum absolute atomic E-state index is 13.5. The lowest BCUT2D eigenvalue weighted by Crippen LogP contribution is -2.41. The van der Waals surface area contributed by atoms with E-state index in [2.05, 4.69) is 25.1 Å². The molecular formula is C22H18N8O2. The predicted molar refractivity (Wildman–Crippen MR) is 113 cm³/mol. The minimum atomic E-state index is -0.467. The van der Waals surface area contributed by atoms with Crippen molar-refractivity contribution < 1.29 is 9.21 Å². The molecule has 1 atom stereocenters. The largest absolute Gasteiger partial charge is 0.412 e. The molecule has 0 saturated carbocycles. The third kappa shape index (κ3) is 2.88. The second kappa shape index (κ2) is 7.12. The molecule has 0 fully saturated rings. The number of imidazole rings is 1. The van der Waals surface area contributed by atoms with E-state index in [0.717, 1.165) is 28.3 Å². The molecular weight excluding hydrogens is 408 g/mol. The zero-order valence-electron chi connectivity index (χ0n) is 17.1. The Balaban J connectivity index is 1.41. The predicted octanol–water partition coefficient (Wildman–Crippen LogP) is 2.60. The van der Waals surface area contributed by atoms with Crippen molar-refractivity contribution in [2.75, 3.05) is 6.54 Å². The standard InChI is InChI=1S/C22H18N8O2/c1-13-4-2-6-15-10-17(28-30(13)15)19-18-16(24-12-25-18)7-9-29(19)22(31)21-27-26-20(32-21)14-5-3-8-23-11-14/h2-6,8,10-12,19H,7,9H2,1H3,(H,24,25)/t19-/m1/s1. The number of carbonyl (C=O) groups is 1. The lowest BCUT2D eigenvalue weighted by Gasteiger charge is -2.32. The molecule has 1 amide bonds. The highest BCUT2D eigenvalue weighted by Gasteiger charge is 2.38. The summed E-state index contributed by atoms with van der Waals surface area (Å²) in [5, 5.41) is 12.8. The van der Waals surface area contributed by atoms with Crippen LogP contribution in [-0.2, 0) is 6.42 Å². The maximum atomic E-state index is 13.5. The Morgan fingerprint density at radius 3 is 3.00 bits per heavy atom. The van der Waals surface area contributed by atoms with Crippen LogP contribution >= 0.6 is 0 Å². The summed E-state index contributed by atoms with van der Waals surface area (Å²) >= 11 is 0. The molecule has 10 heteroatoms. The molecule has 1 aliphatic heterocycles. The van der Waals surface area contributed by atoms with Crippen molar-refractivity contribution in [1.82, 2.24) is 39.7 Å². The number of fused-ring (bicyclic) bond motifs is 2. The molecule has 0 aliphatic carbocycles. The minimum Gasteiger partial charge on any atom is -0.412 e. The van der Waals surface area contributed by atoms with Crippen molar-refractivity contribution >= 4 is 11.4 Å². The molecule has 0 aromatic carbocycles. The van der Waals surface area contributed by atoms with Crippen LogP contribution in [0.5, 0.6) is 0 Å². The van der Waals surface area contributed by atoms with Gasteiger partial charge >= 0.3 is 11.8 Å². The number of nitrogens with one attached hydrogen (secondary N) is 1. The number of aryl methyl sites for hydroxylation is 1. The fourth-order valence-electron chi connectivity index (χ4n) is 4.14. The second-order valence-corrected chi connectivity index (χ2v) is 7.64. The van der Waals surface area contributed by atoms with Gasteiger partial charge in [-0.15, -0.1) is 10.2 Å². The number of hydrogen-bond acceptors (Lipinski definition) is 7. The van der Waals surface area contributed by atoms with Gasteiger partial charge in [0, 0.05) is 36.7 Å². The third-order valence-corrected chi connectivity index (χ3v) is 5.68. The topological polar surface area (TPSA) is 118 Å². The third-order valence-electron chi connectivity index (χ3n) is 5.68. The van der Waals surface area contributed by atoms with Crippen LogP contribution in [0.4, 0.5) is 0 Å². The van der Waals surface area contributed by atoms with Crippen molar-refractivity contribution in [3.63, 3.8) is 0 Å². The van der Waals surface area contributed by atoms with E-state index in [1.807, 2.05) is 35.7 Å². The molecule has 10 nitrogen and oxygen atoms in total. The van der Waals surface area contributed by atoms with E-state index in [4.69, 9.17) is 9.52 Å². The molecule has 6 heterocycles. The minimum absolute atomic E-state index is 0.0761. The zero-order valence-corrected chi connectivity index (χ0v) is 17.1. The summed E-state index contributed by atoms with van der Waals surface area (Å²) in [5.74, 6) is -0.188. The van der Waals surface area contributed by atoms with Gasteiger partial charge in [0.2, 0.25) is 5.89 Å². The van der Waals surface area contributed by atoms with Crippen LogP contribution in [0.2, 0.25) is 0 Å². The van der Waals surface area contributed by atoms with Crippen LogP contribution in [-0.4, -0.2) is 52.1 Å². The zero-order chi connectivity index (χ0) is 21.7. The number of rotatable bonds is 3. The van der Waals surface area contributed by atoms with Gasteiger partial charge in [-0.05, 0) is 37.3 Å². The van der Waals surface area contributed by atoms with Gasteiger partial charge in [0.1, 0.15) is 6.04 Å². The molecule has 6 rings (SSSR count). The fourth-order valence-corrected chi connectivity index (χ4v) is 4.14. The normalized spacial score (nSPS) is 15.8. The Kier molecular flexibility index (Phi) is 4.10. The first kappa shape index (κ1) is 18.4. The molecule has 0 unspecified atom stereocenters. The monoisotopic (exact) mass is 426 g/mol. The van der Waals surface area contributed by atoms with E-state index in [9.17, 15) is 4.79 Å². The summed E-state index contributed by atoms with van der Waals surface area (Å²) in [4.78, 5) is 26.9. The van der Waals surface area contributed by atoms with Gasteiger partial charge < -0.3 is 14.3 Å². The Bertz CT molecular complexity index is 1430. The molecule has 32 heavy (non-hydrogen) atoms. The van der Waals surface area contributed by atoms with Crippen LogP contribution in [0, 0.1) is 6.92 Å². The smallest absolute Gasteiger partial charge is 0.312 e. The molecule has 0 bridgehead atoms. The molecule has 0 radical (unpaired) electrons. The van der Waals surface area contributed by atoms with E-state index in [-0.39, 0.29) is 17.7 Å². The SMILES string of the molecule is Cc1cccc2cc([C@@H]3c4nc[nH]c4CCN3C(=O)c3nnc(-c4cccnc4)o3)nn12. The molecule has 1 aliphatic rings. The average Bonchev–Trinajstić information content (AvgIpc) is 3.58. The first-order valence-electron chi connectivity index (χ1n) is 10.2. The van der Waals surface area contributed by atoms with Crippen molar-refractivity contribution in [3.05, 3.63) is 83.8 Å². The Morgan fingerprint density at radius 2 is 2.16 bits per heavy atom. The van der Waals surface area contributed by atoms with Crippen LogP contribution < -0.4 is 0 Å². The fraction of sp³-hybridized carbons (Fsp3) is 0.182. The Morgan fingerprint density at radius 1 is 1.22 bits per heavy atom. The summed E-state index contributed by atoms with van der Waals surface area (Å²) < 4.78 is 7.58. The highest BCUT2D eigenvalue weighted by atomic mass is 16.4. The van der Waals surface area contributed by atoms with Crippen LogP contribution in [0.3, 0.4) is 0 Å². The molecule has 5 aromatic rings. The number of aromatic nitrogens is 7. The number of amides is 1. The van der Waals surface area contributed by atoms with Crippen LogP contribution in [0.25, 0.3) is 17.0 Å². The van der Waals surface area contributed by atoms with Crippen molar-refractivity contribution in [2.24, 2.45) is 0 Å². The van der Waals surface area contributed by atoms with Gasteiger partial charge in [-0.25, -0.2) is 9.50 Å². The summed E-state index contributed by atoms with van der Waals surface area (Å²) in [6, 6.07) is 11.0. The number of carbonyl (C=O) groups excluding carboxylic acids is 1. The van der Waals surface area contributed by atoms with Crippen molar-refractivity contribution in [1.29, 1.82) is 0 Å². The van der Waals surface area contributed by atoms with Gasteiger partial charge in [-0.1, -0.05) is 6.07 Å².